The number of nitrogens with one attached hydrogen (secondary N) is 1. The summed E-state index contributed by atoms with van der Waals surface area (Å²) in [5.74, 6) is -1.56. The molecule has 192 valence electrons. The normalized spacial score (nSPS) is 20.9. The van der Waals surface area contributed by atoms with E-state index in [1.54, 1.807) is 31.4 Å². The molecule has 0 spiro atoms. The first kappa shape index (κ1) is 25.9. The van der Waals surface area contributed by atoms with Gasteiger partial charge in [-0.05, 0) is 48.7 Å². The Morgan fingerprint density at radius 2 is 1.57 bits per heavy atom. The Kier molecular flexibility index (Phi) is 7.92. The highest BCUT2D eigenvalue weighted by Crippen LogP contribution is 2.51. The summed E-state index contributed by atoms with van der Waals surface area (Å²) in [5, 5.41) is 2.91. The summed E-state index contributed by atoms with van der Waals surface area (Å²) in [6, 6.07) is 21.9. The van der Waals surface area contributed by atoms with E-state index < -0.39 is 35.9 Å². The zero-order valence-electron chi connectivity index (χ0n) is 21.4. The highest BCUT2D eigenvalue weighted by molar-refractivity contribution is 6.01. The molecule has 7 heteroatoms. The number of methoxy groups -OCH3 is 1. The van der Waals surface area contributed by atoms with Crippen LogP contribution in [-0.2, 0) is 4.79 Å². The van der Waals surface area contributed by atoms with Crippen molar-refractivity contribution in [2.45, 2.75) is 38.3 Å². The topological polar surface area (TPSA) is 102 Å². The lowest BCUT2D eigenvalue weighted by atomic mass is 9.76. The minimum atomic E-state index is -1.02. The van der Waals surface area contributed by atoms with Crippen molar-refractivity contribution < 1.29 is 19.1 Å². The molecule has 4 rings (SSSR count). The van der Waals surface area contributed by atoms with Gasteiger partial charge in [0, 0.05) is 18.0 Å². The van der Waals surface area contributed by atoms with Crippen molar-refractivity contribution in [1.29, 1.82) is 0 Å². The lowest BCUT2D eigenvalue weighted by molar-refractivity contribution is -0.122. The first-order valence-corrected chi connectivity index (χ1v) is 12.5. The van der Waals surface area contributed by atoms with E-state index in [2.05, 4.69) is 5.32 Å². The molecule has 3 aromatic carbocycles. The molecule has 7 nitrogen and oxygen atoms in total. The Morgan fingerprint density at radius 1 is 0.919 bits per heavy atom. The van der Waals surface area contributed by atoms with Gasteiger partial charge in [0.15, 0.2) is 5.78 Å². The van der Waals surface area contributed by atoms with Crippen LogP contribution in [0.5, 0.6) is 5.75 Å². The minimum Gasteiger partial charge on any atom is -0.497 e. The van der Waals surface area contributed by atoms with Gasteiger partial charge < -0.3 is 20.7 Å². The lowest BCUT2D eigenvalue weighted by Gasteiger charge is -2.31. The first-order valence-electron chi connectivity index (χ1n) is 12.5. The molecule has 1 heterocycles. The van der Waals surface area contributed by atoms with Gasteiger partial charge in [-0.25, -0.2) is 4.79 Å². The number of ether oxygens (including phenoxy) is 1. The van der Waals surface area contributed by atoms with Gasteiger partial charge in [-0.15, -0.1) is 0 Å². The van der Waals surface area contributed by atoms with E-state index in [9.17, 15) is 14.4 Å². The molecule has 3 aromatic rings. The van der Waals surface area contributed by atoms with Gasteiger partial charge in [0.05, 0.1) is 19.1 Å². The van der Waals surface area contributed by atoms with E-state index in [1.165, 1.54) is 4.90 Å². The van der Waals surface area contributed by atoms with Crippen LogP contribution >= 0.6 is 0 Å². The number of hydrogen-bond donors (Lipinski definition) is 2. The SMILES string of the molecule is CCCNC(=O)N1C(C(N)=O)C(c2ccccc2)C(C(=O)c2ccc(OC)cc2)C1c1ccc(C)cc1. The van der Waals surface area contributed by atoms with Gasteiger partial charge in [-0.2, -0.15) is 0 Å². The largest absolute Gasteiger partial charge is 0.497 e. The maximum atomic E-state index is 14.3. The van der Waals surface area contributed by atoms with Crippen molar-refractivity contribution in [3.63, 3.8) is 0 Å². The number of ketones is 1. The number of Topliss-reactive ketones (excluding diaryl/α,β-unsaturated/α-hetero) is 1. The number of primary amides is 1. The third kappa shape index (κ3) is 5.21. The molecule has 1 aliphatic heterocycles. The van der Waals surface area contributed by atoms with E-state index >= 15 is 0 Å². The fourth-order valence-corrected chi connectivity index (χ4v) is 5.25. The van der Waals surface area contributed by atoms with E-state index in [1.807, 2.05) is 68.4 Å². The van der Waals surface area contributed by atoms with Crippen LogP contribution in [0.15, 0.2) is 78.9 Å². The number of nitrogens with zero attached hydrogens (tertiary/aromatic N) is 1. The molecule has 1 fully saturated rings. The number of carbonyl (C=O) groups is 3. The summed E-state index contributed by atoms with van der Waals surface area (Å²) >= 11 is 0. The summed E-state index contributed by atoms with van der Waals surface area (Å²) in [6.07, 6.45) is 0.729. The third-order valence-corrected chi connectivity index (χ3v) is 7.00. The average Bonchev–Trinajstić information content (AvgIpc) is 3.29. The third-order valence-electron chi connectivity index (χ3n) is 7.00. The summed E-state index contributed by atoms with van der Waals surface area (Å²) in [6.45, 7) is 4.37. The second kappa shape index (κ2) is 11.3. The zero-order chi connectivity index (χ0) is 26.5. The molecule has 37 heavy (non-hydrogen) atoms. The second-order valence-electron chi connectivity index (χ2n) is 9.40. The Morgan fingerprint density at radius 3 is 2.14 bits per heavy atom. The van der Waals surface area contributed by atoms with Gasteiger partial charge in [0.1, 0.15) is 11.8 Å². The molecule has 0 aromatic heterocycles. The molecule has 4 unspecified atom stereocenters. The molecule has 4 atom stereocenters. The Hall–Kier alpha value is -4.13. The zero-order valence-corrected chi connectivity index (χ0v) is 21.4. The number of urea groups is 1. The highest BCUT2D eigenvalue weighted by atomic mass is 16.5. The van der Waals surface area contributed by atoms with Crippen LogP contribution < -0.4 is 15.8 Å². The molecular weight excluding hydrogens is 466 g/mol. The van der Waals surface area contributed by atoms with Crippen molar-refractivity contribution in [3.8, 4) is 5.75 Å². The van der Waals surface area contributed by atoms with Crippen LogP contribution in [0.25, 0.3) is 0 Å². The Balaban J connectivity index is 1.94. The van der Waals surface area contributed by atoms with Crippen molar-refractivity contribution in [1.82, 2.24) is 10.2 Å². The van der Waals surface area contributed by atoms with Gasteiger partial charge in [-0.1, -0.05) is 67.1 Å². The summed E-state index contributed by atoms with van der Waals surface area (Å²) in [7, 11) is 1.57. The van der Waals surface area contributed by atoms with E-state index in [0.717, 1.165) is 23.1 Å². The van der Waals surface area contributed by atoms with Crippen LogP contribution in [-0.4, -0.2) is 42.3 Å². The van der Waals surface area contributed by atoms with Crippen molar-refractivity contribution >= 4 is 17.7 Å². The van der Waals surface area contributed by atoms with Crippen molar-refractivity contribution in [2.24, 2.45) is 11.7 Å². The smallest absolute Gasteiger partial charge is 0.318 e. The fourth-order valence-electron chi connectivity index (χ4n) is 5.25. The predicted molar refractivity (Wildman–Crippen MR) is 142 cm³/mol. The predicted octanol–water partition coefficient (Wildman–Crippen LogP) is 4.62. The maximum absolute atomic E-state index is 14.3. The van der Waals surface area contributed by atoms with Crippen LogP contribution in [0, 0.1) is 12.8 Å². The standard InChI is InChI=1S/C30H33N3O4/c1-4-18-32-30(36)33-26(21-12-10-19(2)11-13-21)25(28(34)22-14-16-23(37-3)17-15-22)24(27(33)29(31)35)20-8-6-5-7-9-20/h5-17,24-27H,4,18H2,1-3H3,(H2,31,35)(H,32,36). The van der Waals surface area contributed by atoms with Gasteiger partial charge >= 0.3 is 6.03 Å². The maximum Gasteiger partial charge on any atom is 0.318 e. The summed E-state index contributed by atoms with van der Waals surface area (Å²) < 4.78 is 5.27. The molecular formula is C30H33N3O4. The van der Waals surface area contributed by atoms with Crippen LogP contribution in [0.1, 0.15) is 52.4 Å². The van der Waals surface area contributed by atoms with E-state index in [-0.39, 0.29) is 5.78 Å². The number of carbonyl (C=O) groups excluding carboxylic acids is 3. The minimum absolute atomic E-state index is 0.167. The van der Waals surface area contributed by atoms with Gasteiger partial charge in [0.2, 0.25) is 5.91 Å². The van der Waals surface area contributed by atoms with E-state index in [0.29, 0.717) is 17.9 Å². The quantitative estimate of drug-likeness (QED) is 0.442. The Bertz CT molecular complexity index is 1240. The van der Waals surface area contributed by atoms with E-state index in [4.69, 9.17) is 10.5 Å². The van der Waals surface area contributed by atoms with Crippen LogP contribution in [0.4, 0.5) is 4.79 Å². The molecule has 0 saturated carbocycles. The Labute approximate surface area is 217 Å². The number of nitrogens with two attached hydrogens (primary N) is 1. The van der Waals surface area contributed by atoms with Crippen molar-refractivity contribution in [3.05, 3.63) is 101 Å². The molecule has 0 aliphatic carbocycles. The number of aryl methyl sites for hydroxylation is 1. The van der Waals surface area contributed by atoms with Gasteiger partial charge in [-0.3, -0.25) is 9.59 Å². The number of benzene rings is 3. The molecule has 0 bridgehead atoms. The number of amides is 3. The first-order chi connectivity index (χ1) is 17.9. The van der Waals surface area contributed by atoms with Gasteiger partial charge in [0.25, 0.3) is 0 Å². The fraction of sp³-hybridized carbons (Fsp3) is 0.300. The molecule has 3 amide bonds. The van der Waals surface area contributed by atoms with Crippen molar-refractivity contribution in [2.75, 3.05) is 13.7 Å². The molecule has 0 radical (unpaired) electrons. The summed E-state index contributed by atoms with van der Waals surface area (Å²) in [4.78, 5) is 42.5. The lowest BCUT2D eigenvalue weighted by Crippen LogP contribution is -2.50. The van der Waals surface area contributed by atoms with Crippen LogP contribution in [0.2, 0.25) is 0 Å². The average molecular weight is 500 g/mol. The molecule has 1 aliphatic rings. The molecule has 1 saturated heterocycles. The monoisotopic (exact) mass is 499 g/mol. The molecule has 3 N–H and O–H groups in total. The number of likely N-dealkylation sites (tertiary alicyclic amines) is 1. The highest BCUT2D eigenvalue weighted by Gasteiger charge is 2.56. The summed E-state index contributed by atoms with van der Waals surface area (Å²) in [5.41, 5.74) is 9.07. The number of hydrogen-bond acceptors (Lipinski definition) is 4. The second-order valence-corrected chi connectivity index (χ2v) is 9.40. The number of rotatable bonds is 8. The van der Waals surface area contributed by atoms with Crippen LogP contribution in [0.3, 0.4) is 0 Å².